The van der Waals surface area contributed by atoms with Crippen LogP contribution in [-0.4, -0.2) is 25.2 Å². The van der Waals surface area contributed by atoms with E-state index in [1.165, 1.54) is 0 Å². The van der Waals surface area contributed by atoms with Crippen molar-refractivity contribution in [3.63, 3.8) is 0 Å². The summed E-state index contributed by atoms with van der Waals surface area (Å²) in [6.45, 7) is 7.59. The molecule has 110 valence electrons. The Hall–Kier alpha value is -1.71. The fraction of sp³-hybridized carbons (Fsp3) is 0.562. The summed E-state index contributed by atoms with van der Waals surface area (Å²) >= 11 is 0. The van der Waals surface area contributed by atoms with Gasteiger partial charge in [-0.15, -0.1) is 0 Å². The monoisotopic (exact) mass is 277 g/mol. The summed E-state index contributed by atoms with van der Waals surface area (Å²) in [5, 5.41) is 3.07. The smallest absolute Gasteiger partial charge is 0.251 e. The number of carbonyl (C=O) groups excluding carboxylic acids is 1. The van der Waals surface area contributed by atoms with E-state index in [2.05, 4.69) is 26.1 Å². The average Bonchev–Trinajstić information content (AvgIpc) is 2.68. The topological polar surface area (TPSA) is 47.6 Å². The van der Waals surface area contributed by atoms with E-state index in [1.807, 2.05) is 6.07 Å². The number of carbonyl (C=O) groups is 1. The van der Waals surface area contributed by atoms with Gasteiger partial charge in [0.05, 0.1) is 13.2 Å². The third-order valence-corrected chi connectivity index (χ3v) is 3.57. The van der Waals surface area contributed by atoms with Crippen LogP contribution in [0.2, 0.25) is 0 Å². The molecule has 1 N–H and O–H groups in total. The Morgan fingerprint density at radius 2 is 1.95 bits per heavy atom. The third kappa shape index (κ3) is 3.44. The first-order valence-electron chi connectivity index (χ1n) is 7.32. The fourth-order valence-corrected chi connectivity index (χ4v) is 2.30. The van der Waals surface area contributed by atoms with Gasteiger partial charge in [-0.25, -0.2) is 0 Å². The molecular formula is C16H23NO3. The van der Waals surface area contributed by atoms with Crippen molar-refractivity contribution in [1.82, 2.24) is 5.32 Å². The maximum Gasteiger partial charge on any atom is 0.251 e. The van der Waals surface area contributed by atoms with Crippen molar-refractivity contribution in [3.8, 4) is 11.5 Å². The molecule has 0 bridgehead atoms. The summed E-state index contributed by atoms with van der Waals surface area (Å²) in [4.78, 5) is 12.3. The van der Waals surface area contributed by atoms with Gasteiger partial charge in [-0.2, -0.15) is 0 Å². The zero-order chi connectivity index (χ0) is 14.5. The lowest BCUT2D eigenvalue weighted by Crippen LogP contribution is -2.37. The van der Waals surface area contributed by atoms with Crippen LogP contribution in [0.25, 0.3) is 0 Å². The zero-order valence-corrected chi connectivity index (χ0v) is 12.4. The predicted molar refractivity (Wildman–Crippen MR) is 78.4 cm³/mol. The number of rotatable bonds is 4. The lowest BCUT2D eigenvalue weighted by atomic mass is 10.0. The number of benzene rings is 1. The highest BCUT2D eigenvalue weighted by Gasteiger charge is 2.18. The molecule has 0 unspecified atom stereocenters. The molecule has 1 aromatic carbocycles. The van der Waals surface area contributed by atoms with Crippen LogP contribution in [-0.2, 0) is 0 Å². The molecule has 20 heavy (non-hydrogen) atoms. The minimum atomic E-state index is -0.0544. The van der Waals surface area contributed by atoms with Gasteiger partial charge in [-0.05, 0) is 30.5 Å². The van der Waals surface area contributed by atoms with Crippen molar-refractivity contribution in [2.75, 3.05) is 13.2 Å². The van der Waals surface area contributed by atoms with Gasteiger partial charge in [-0.1, -0.05) is 20.8 Å². The highest BCUT2D eigenvalue weighted by atomic mass is 16.5. The molecule has 0 aliphatic carbocycles. The average molecular weight is 277 g/mol. The van der Waals surface area contributed by atoms with Crippen LogP contribution < -0.4 is 14.8 Å². The maximum absolute atomic E-state index is 12.3. The van der Waals surface area contributed by atoms with Gasteiger partial charge in [0.15, 0.2) is 11.5 Å². The van der Waals surface area contributed by atoms with Gasteiger partial charge in [-0.3, -0.25) is 4.79 Å². The minimum Gasteiger partial charge on any atom is -0.490 e. The number of amides is 1. The lowest BCUT2D eigenvalue weighted by molar-refractivity contribution is 0.0924. The van der Waals surface area contributed by atoms with Crippen LogP contribution in [0, 0.1) is 5.92 Å². The second-order valence-electron chi connectivity index (χ2n) is 5.44. The summed E-state index contributed by atoms with van der Waals surface area (Å²) in [5.41, 5.74) is 0.619. The summed E-state index contributed by atoms with van der Waals surface area (Å²) < 4.78 is 11.2. The van der Waals surface area contributed by atoms with Crippen molar-refractivity contribution < 1.29 is 14.3 Å². The Morgan fingerprint density at radius 3 is 2.60 bits per heavy atom. The number of hydrogen-bond acceptors (Lipinski definition) is 3. The van der Waals surface area contributed by atoms with Crippen molar-refractivity contribution in [3.05, 3.63) is 23.8 Å². The lowest BCUT2D eigenvalue weighted by Gasteiger charge is -2.21. The minimum absolute atomic E-state index is 0.0544. The Morgan fingerprint density at radius 1 is 1.25 bits per heavy atom. The number of ether oxygens (including phenoxy) is 2. The highest BCUT2D eigenvalue weighted by molar-refractivity contribution is 5.95. The predicted octanol–water partition coefficient (Wildman–Crippen LogP) is 3.01. The van der Waals surface area contributed by atoms with E-state index in [9.17, 15) is 4.79 Å². The molecule has 4 heteroatoms. The molecule has 0 spiro atoms. The van der Waals surface area contributed by atoms with Gasteiger partial charge >= 0.3 is 0 Å². The van der Waals surface area contributed by atoms with Crippen molar-refractivity contribution >= 4 is 5.91 Å². The standard InChI is InChI=1S/C16H23NO3/c1-4-13(11(2)3)17-16(18)12-6-7-14-15(10-12)20-9-5-8-19-14/h6-7,10-11,13H,4-5,8-9H2,1-3H3,(H,17,18)/t13-/m0/s1. The van der Waals surface area contributed by atoms with Crippen molar-refractivity contribution in [2.45, 2.75) is 39.7 Å². The second kappa shape index (κ2) is 6.64. The van der Waals surface area contributed by atoms with Crippen LogP contribution in [0.15, 0.2) is 18.2 Å². The molecule has 1 heterocycles. The van der Waals surface area contributed by atoms with E-state index in [-0.39, 0.29) is 11.9 Å². The molecule has 4 nitrogen and oxygen atoms in total. The zero-order valence-electron chi connectivity index (χ0n) is 12.4. The summed E-state index contributed by atoms with van der Waals surface area (Å²) in [6, 6.07) is 5.56. The number of nitrogens with one attached hydrogen (secondary N) is 1. The molecule has 1 aromatic rings. The van der Waals surface area contributed by atoms with Crippen LogP contribution >= 0.6 is 0 Å². The first kappa shape index (κ1) is 14.7. The Labute approximate surface area is 120 Å². The SMILES string of the molecule is CC[C@H](NC(=O)c1ccc2c(c1)OCCCO2)C(C)C. The van der Waals surface area contributed by atoms with Gasteiger partial charge < -0.3 is 14.8 Å². The molecule has 0 saturated carbocycles. The molecule has 0 fully saturated rings. The first-order valence-corrected chi connectivity index (χ1v) is 7.32. The Balaban J connectivity index is 2.12. The molecule has 2 rings (SSSR count). The first-order chi connectivity index (χ1) is 9.61. The maximum atomic E-state index is 12.3. The summed E-state index contributed by atoms with van der Waals surface area (Å²) in [5.74, 6) is 1.74. The molecule has 1 amide bonds. The van der Waals surface area contributed by atoms with E-state index in [1.54, 1.807) is 12.1 Å². The van der Waals surface area contributed by atoms with E-state index in [0.717, 1.165) is 18.6 Å². The number of fused-ring (bicyclic) bond motifs is 1. The third-order valence-electron chi connectivity index (χ3n) is 3.57. The molecule has 1 aliphatic heterocycles. The number of hydrogen-bond donors (Lipinski definition) is 1. The Bertz CT molecular complexity index is 471. The van der Waals surface area contributed by atoms with E-state index < -0.39 is 0 Å². The van der Waals surface area contributed by atoms with Gasteiger partial charge in [0, 0.05) is 18.0 Å². The van der Waals surface area contributed by atoms with Crippen molar-refractivity contribution in [1.29, 1.82) is 0 Å². The van der Waals surface area contributed by atoms with Gasteiger partial charge in [0.2, 0.25) is 0 Å². The summed E-state index contributed by atoms with van der Waals surface area (Å²) in [7, 11) is 0. The normalized spacial score (nSPS) is 15.6. The molecular weight excluding hydrogens is 254 g/mol. The van der Waals surface area contributed by atoms with E-state index >= 15 is 0 Å². The largest absolute Gasteiger partial charge is 0.490 e. The van der Waals surface area contributed by atoms with Crippen molar-refractivity contribution in [2.24, 2.45) is 5.92 Å². The molecule has 1 atom stereocenters. The highest BCUT2D eigenvalue weighted by Crippen LogP contribution is 2.30. The summed E-state index contributed by atoms with van der Waals surface area (Å²) in [6.07, 6.45) is 1.79. The Kier molecular flexibility index (Phi) is 4.88. The molecule has 0 radical (unpaired) electrons. The fourth-order valence-electron chi connectivity index (χ4n) is 2.30. The quantitative estimate of drug-likeness (QED) is 0.920. The van der Waals surface area contributed by atoms with Gasteiger partial charge in [0.25, 0.3) is 5.91 Å². The van der Waals surface area contributed by atoms with Crippen LogP contribution in [0.4, 0.5) is 0 Å². The van der Waals surface area contributed by atoms with Crippen LogP contribution in [0.1, 0.15) is 44.0 Å². The van der Waals surface area contributed by atoms with Crippen LogP contribution in [0.3, 0.4) is 0 Å². The molecule has 1 aliphatic rings. The van der Waals surface area contributed by atoms with E-state index in [4.69, 9.17) is 9.47 Å². The van der Waals surface area contributed by atoms with Gasteiger partial charge in [0.1, 0.15) is 0 Å². The molecule has 0 saturated heterocycles. The second-order valence-corrected chi connectivity index (χ2v) is 5.44. The van der Waals surface area contributed by atoms with Crippen LogP contribution in [0.5, 0.6) is 11.5 Å². The molecule has 0 aromatic heterocycles. The van der Waals surface area contributed by atoms with E-state index in [0.29, 0.717) is 30.4 Å².